The first-order chi connectivity index (χ1) is 37.0. The van der Waals surface area contributed by atoms with Crippen molar-refractivity contribution in [3.05, 3.63) is 85.1 Å². The molecule has 432 valence electrons. The smallest absolute Gasteiger partial charge is 0.306 e. The SMILES string of the molecule is CC/C=C\C/C=C\C/C=C\C/C=C\CCCCCCCCC(=O)OC(COC(=O)CCCCCCCCC/C=C\C/C=C\CCCCC)COC(=O)CCCCCCCCCCC/C=C\CCCCCCCCCC. The van der Waals surface area contributed by atoms with Gasteiger partial charge in [-0.3, -0.25) is 14.4 Å². The second-order valence-electron chi connectivity index (χ2n) is 21.3. The maximum Gasteiger partial charge on any atom is 0.306 e. The van der Waals surface area contributed by atoms with Gasteiger partial charge in [0.2, 0.25) is 0 Å². The summed E-state index contributed by atoms with van der Waals surface area (Å²) >= 11 is 0. The van der Waals surface area contributed by atoms with Crippen LogP contribution >= 0.6 is 0 Å². The maximum atomic E-state index is 12.9. The Labute approximate surface area is 465 Å². The predicted molar refractivity (Wildman–Crippen MR) is 325 cm³/mol. The predicted octanol–water partition coefficient (Wildman–Crippen LogP) is 21.9. The number of ether oxygens (including phenoxy) is 3. The fourth-order valence-electron chi connectivity index (χ4n) is 9.05. The molecule has 0 spiro atoms. The first kappa shape index (κ1) is 71.6. The lowest BCUT2D eigenvalue weighted by Gasteiger charge is -2.18. The van der Waals surface area contributed by atoms with Gasteiger partial charge in [-0.1, -0.05) is 266 Å². The summed E-state index contributed by atoms with van der Waals surface area (Å²) in [6, 6.07) is 0. The van der Waals surface area contributed by atoms with E-state index in [2.05, 4.69) is 106 Å². The van der Waals surface area contributed by atoms with Crippen molar-refractivity contribution in [2.45, 2.75) is 322 Å². The first-order valence-corrected chi connectivity index (χ1v) is 32.1. The number of rotatable bonds is 58. The number of carbonyl (C=O) groups is 3. The zero-order chi connectivity index (χ0) is 54.3. The largest absolute Gasteiger partial charge is 0.462 e. The molecule has 0 aliphatic rings. The Bertz CT molecular complexity index is 1430. The highest BCUT2D eigenvalue weighted by molar-refractivity contribution is 5.71. The van der Waals surface area contributed by atoms with Gasteiger partial charge in [-0.15, -0.1) is 0 Å². The normalized spacial score (nSPS) is 12.6. The minimum absolute atomic E-state index is 0.0852. The van der Waals surface area contributed by atoms with Crippen molar-refractivity contribution in [2.24, 2.45) is 0 Å². The number of carbonyl (C=O) groups excluding carboxylic acids is 3. The minimum atomic E-state index is -0.790. The van der Waals surface area contributed by atoms with E-state index < -0.39 is 6.10 Å². The van der Waals surface area contributed by atoms with Crippen molar-refractivity contribution in [1.82, 2.24) is 0 Å². The van der Waals surface area contributed by atoms with E-state index >= 15 is 0 Å². The lowest BCUT2D eigenvalue weighted by Crippen LogP contribution is -2.30. The summed E-state index contributed by atoms with van der Waals surface area (Å²) in [7, 11) is 0. The van der Waals surface area contributed by atoms with Gasteiger partial charge >= 0.3 is 17.9 Å². The van der Waals surface area contributed by atoms with E-state index in [9.17, 15) is 14.4 Å². The summed E-state index contributed by atoms with van der Waals surface area (Å²) < 4.78 is 16.9. The molecule has 1 unspecified atom stereocenters. The van der Waals surface area contributed by atoms with Crippen LogP contribution in [-0.2, 0) is 28.6 Å². The molecular weight excluding hydrogens is 925 g/mol. The zero-order valence-corrected chi connectivity index (χ0v) is 49.6. The Morgan fingerprint density at radius 3 is 0.853 bits per heavy atom. The molecule has 0 fully saturated rings. The molecule has 0 aliphatic heterocycles. The van der Waals surface area contributed by atoms with Gasteiger partial charge in [-0.2, -0.15) is 0 Å². The van der Waals surface area contributed by atoms with Gasteiger partial charge in [0.1, 0.15) is 13.2 Å². The molecule has 0 aromatic carbocycles. The van der Waals surface area contributed by atoms with Gasteiger partial charge < -0.3 is 14.2 Å². The number of unbranched alkanes of at least 4 members (excludes halogenated alkanes) is 33. The second-order valence-corrected chi connectivity index (χ2v) is 21.3. The third kappa shape index (κ3) is 61.3. The average Bonchev–Trinajstić information content (AvgIpc) is 3.41. The Balaban J connectivity index is 4.40. The number of hydrogen-bond donors (Lipinski definition) is 0. The summed E-state index contributed by atoms with van der Waals surface area (Å²) in [6.45, 7) is 6.52. The van der Waals surface area contributed by atoms with Crippen LogP contribution in [0.25, 0.3) is 0 Å². The van der Waals surface area contributed by atoms with E-state index in [4.69, 9.17) is 14.2 Å². The van der Waals surface area contributed by atoms with Gasteiger partial charge in [-0.05, 0) is 116 Å². The van der Waals surface area contributed by atoms with Crippen LogP contribution in [0.1, 0.15) is 316 Å². The van der Waals surface area contributed by atoms with Crippen LogP contribution < -0.4 is 0 Å². The number of allylic oxidation sites excluding steroid dienone is 14. The first-order valence-electron chi connectivity index (χ1n) is 32.1. The molecular formula is C69H120O6. The van der Waals surface area contributed by atoms with Crippen LogP contribution in [0.5, 0.6) is 0 Å². The van der Waals surface area contributed by atoms with E-state index in [1.165, 1.54) is 167 Å². The molecule has 1 atom stereocenters. The lowest BCUT2D eigenvalue weighted by atomic mass is 10.1. The van der Waals surface area contributed by atoms with Crippen molar-refractivity contribution >= 4 is 17.9 Å². The molecule has 0 saturated heterocycles. The van der Waals surface area contributed by atoms with Crippen LogP contribution in [0.3, 0.4) is 0 Å². The standard InChI is InChI=1S/C69H120O6/c1-4-7-10-13-16-19-22-25-28-31-33-34-36-38-41-44-47-50-53-56-59-62-68(71)74-65-66(64-73-67(70)61-58-55-52-49-46-43-40-37-30-27-24-21-18-15-12-9-6-3)75-69(72)63-60-57-54-51-48-45-42-39-35-32-29-26-23-20-17-14-11-8-5-2/h8,11,17-18,20-21,26-27,29-31,33,35,39,66H,4-7,9-10,12-16,19,22-25,28,32,34,36-38,40-65H2,1-3H3/b11-8-,20-17-,21-18-,29-26-,30-27-,33-31-,39-35-. The van der Waals surface area contributed by atoms with Crippen molar-refractivity contribution in [3.8, 4) is 0 Å². The van der Waals surface area contributed by atoms with E-state index in [0.717, 1.165) is 109 Å². The van der Waals surface area contributed by atoms with Crippen LogP contribution in [0.2, 0.25) is 0 Å². The quantitative estimate of drug-likeness (QED) is 0.0261. The second kappa shape index (κ2) is 63.1. The number of hydrogen-bond acceptors (Lipinski definition) is 6. The summed E-state index contributed by atoms with van der Waals surface area (Å²) in [5.41, 5.74) is 0. The summed E-state index contributed by atoms with van der Waals surface area (Å²) in [6.07, 6.45) is 82.9. The van der Waals surface area contributed by atoms with Gasteiger partial charge in [-0.25, -0.2) is 0 Å². The third-order valence-corrected chi connectivity index (χ3v) is 13.9. The Morgan fingerprint density at radius 1 is 0.280 bits per heavy atom. The molecule has 0 aromatic heterocycles. The van der Waals surface area contributed by atoms with Crippen molar-refractivity contribution in [1.29, 1.82) is 0 Å². The Kier molecular flexibility index (Phi) is 60.3. The molecule has 0 rings (SSSR count). The molecule has 0 amide bonds. The molecule has 0 aromatic rings. The van der Waals surface area contributed by atoms with Gasteiger partial charge in [0.15, 0.2) is 6.10 Å². The Morgan fingerprint density at radius 2 is 0.520 bits per heavy atom. The molecule has 0 radical (unpaired) electrons. The highest BCUT2D eigenvalue weighted by atomic mass is 16.6. The van der Waals surface area contributed by atoms with Crippen molar-refractivity contribution in [2.75, 3.05) is 13.2 Å². The molecule has 6 heteroatoms. The monoisotopic (exact) mass is 1040 g/mol. The molecule has 0 saturated carbocycles. The molecule has 0 bridgehead atoms. The third-order valence-electron chi connectivity index (χ3n) is 13.9. The molecule has 0 N–H and O–H groups in total. The van der Waals surface area contributed by atoms with E-state index in [1.54, 1.807) is 0 Å². The van der Waals surface area contributed by atoms with Crippen LogP contribution in [0, 0.1) is 0 Å². The van der Waals surface area contributed by atoms with Gasteiger partial charge in [0.05, 0.1) is 0 Å². The summed E-state index contributed by atoms with van der Waals surface area (Å²) in [5, 5.41) is 0. The van der Waals surface area contributed by atoms with E-state index in [1.807, 2.05) is 0 Å². The summed E-state index contributed by atoms with van der Waals surface area (Å²) in [4.78, 5) is 38.3. The van der Waals surface area contributed by atoms with Crippen LogP contribution in [0.4, 0.5) is 0 Å². The average molecular weight is 1050 g/mol. The van der Waals surface area contributed by atoms with E-state index in [0.29, 0.717) is 19.3 Å². The van der Waals surface area contributed by atoms with Gasteiger partial charge in [0.25, 0.3) is 0 Å². The fraction of sp³-hybridized carbons (Fsp3) is 0.754. The van der Waals surface area contributed by atoms with Crippen LogP contribution in [0.15, 0.2) is 85.1 Å². The Hall–Kier alpha value is -3.41. The highest BCUT2D eigenvalue weighted by Crippen LogP contribution is 2.16. The fourth-order valence-corrected chi connectivity index (χ4v) is 9.05. The van der Waals surface area contributed by atoms with Crippen molar-refractivity contribution < 1.29 is 28.6 Å². The molecule has 0 aliphatic carbocycles. The van der Waals surface area contributed by atoms with E-state index in [-0.39, 0.29) is 31.1 Å². The minimum Gasteiger partial charge on any atom is -0.462 e. The molecule has 6 nitrogen and oxygen atoms in total. The van der Waals surface area contributed by atoms with Crippen molar-refractivity contribution in [3.63, 3.8) is 0 Å². The lowest BCUT2D eigenvalue weighted by molar-refractivity contribution is -0.167. The van der Waals surface area contributed by atoms with Gasteiger partial charge in [0, 0.05) is 19.3 Å². The zero-order valence-electron chi connectivity index (χ0n) is 49.6. The topological polar surface area (TPSA) is 78.9 Å². The van der Waals surface area contributed by atoms with Crippen LogP contribution in [-0.4, -0.2) is 37.2 Å². The molecule has 0 heterocycles. The maximum absolute atomic E-state index is 12.9. The number of esters is 3. The summed E-state index contributed by atoms with van der Waals surface area (Å²) in [5.74, 6) is -0.897. The molecule has 75 heavy (non-hydrogen) atoms. The highest BCUT2D eigenvalue weighted by Gasteiger charge is 2.19.